The Balaban J connectivity index is 2.07. The van der Waals surface area contributed by atoms with Crippen LogP contribution < -0.4 is 5.73 Å². The van der Waals surface area contributed by atoms with Crippen molar-refractivity contribution in [3.63, 3.8) is 0 Å². The molecule has 0 radical (unpaired) electrons. The summed E-state index contributed by atoms with van der Waals surface area (Å²) in [6, 6.07) is 0. The van der Waals surface area contributed by atoms with Crippen LogP contribution in [0.2, 0.25) is 0 Å². The van der Waals surface area contributed by atoms with Gasteiger partial charge in [-0.1, -0.05) is 13.3 Å². The first-order valence-electron chi connectivity index (χ1n) is 7.04. The number of nitrogens with two attached hydrogens (primary N) is 1. The molecule has 2 rings (SSSR count). The van der Waals surface area contributed by atoms with Gasteiger partial charge in [0, 0.05) is 25.0 Å². The van der Waals surface area contributed by atoms with Crippen LogP contribution in [0.25, 0.3) is 0 Å². The van der Waals surface area contributed by atoms with Crippen LogP contribution in [-0.2, 0) is 6.54 Å². The first-order chi connectivity index (χ1) is 8.61. The van der Waals surface area contributed by atoms with Crippen molar-refractivity contribution in [1.29, 1.82) is 0 Å². The molecule has 1 saturated heterocycles. The van der Waals surface area contributed by atoms with E-state index in [1.54, 1.807) is 0 Å². The highest BCUT2D eigenvalue weighted by Gasteiger charge is 2.19. The molecule has 0 amide bonds. The van der Waals surface area contributed by atoms with E-state index in [1.165, 1.54) is 32.4 Å². The van der Waals surface area contributed by atoms with Crippen molar-refractivity contribution in [3.8, 4) is 0 Å². The second-order valence-corrected chi connectivity index (χ2v) is 5.58. The molecule has 1 aliphatic rings. The number of hydrogen-bond acceptors (Lipinski definition) is 3. The van der Waals surface area contributed by atoms with Crippen LogP contribution in [0.4, 0.5) is 5.69 Å². The summed E-state index contributed by atoms with van der Waals surface area (Å²) in [5, 5.41) is 0. The Kier molecular flexibility index (Phi) is 4.23. The molecule has 1 aromatic rings. The lowest BCUT2D eigenvalue weighted by atomic mass is 9.95. The summed E-state index contributed by atoms with van der Waals surface area (Å²) in [5.74, 6) is 0.863. The zero-order valence-electron chi connectivity index (χ0n) is 11.9. The van der Waals surface area contributed by atoms with Gasteiger partial charge >= 0.3 is 0 Å². The minimum absolute atomic E-state index is 0.863. The number of aromatic nitrogens is 1. The van der Waals surface area contributed by atoms with Crippen LogP contribution in [0.3, 0.4) is 0 Å². The molecule has 18 heavy (non-hydrogen) atoms. The highest BCUT2D eigenvalue weighted by atomic mass is 15.1. The molecule has 100 valence electrons. The number of hydrogen-bond donors (Lipinski definition) is 1. The normalized spacial score (nSPS) is 21.2. The van der Waals surface area contributed by atoms with Crippen LogP contribution >= 0.6 is 0 Å². The molecule has 2 N–H and O–H groups in total. The zero-order valence-corrected chi connectivity index (χ0v) is 11.9. The van der Waals surface area contributed by atoms with Gasteiger partial charge in [-0.3, -0.25) is 9.88 Å². The fourth-order valence-electron chi connectivity index (χ4n) is 2.79. The average Bonchev–Trinajstić information content (AvgIpc) is 2.40. The van der Waals surface area contributed by atoms with Crippen molar-refractivity contribution >= 4 is 5.69 Å². The first-order valence-corrected chi connectivity index (χ1v) is 7.04. The van der Waals surface area contributed by atoms with Crippen molar-refractivity contribution in [2.24, 2.45) is 5.92 Å². The van der Waals surface area contributed by atoms with Crippen LogP contribution in [0.15, 0.2) is 6.20 Å². The molecule has 0 aromatic carbocycles. The summed E-state index contributed by atoms with van der Waals surface area (Å²) in [6.07, 6.45) is 5.90. The van der Waals surface area contributed by atoms with E-state index >= 15 is 0 Å². The average molecular weight is 247 g/mol. The number of pyridine rings is 1. The summed E-state index contributed by atoms with van der Waals surface area (Å²) in [6.45, 7) is 9.77. The molecule has 3 nitrogen and oxygen atoms in total. The lowest BCUT2D eigenvalue weighted by molar-refractivity contribution is 0.163. The molecule has 3 heteroatoms. The molecule has 0 aliphatic carbocycles. The van der Waals surface area contributed by atoms with Gasteiger partial charge in [0.05, 0.1) is 5.69 Å². The summed E-state index contributed by atoms with van der Waals surface area (Å²) >= 11 is 0. The standard InChI is InChI=1S/C15H25N3/c1-4-13-6-5-7-18(9-13)10-14-12(3)15(16)11(2)8-17-14/h8,13H,4-7,9-10H2,1-3H3,(H2,16,17). The van der Waals surface area contributed by atoms with Gasteiger partial charge in [0.25, 0.3) is 0 Å². The summed E-state index contributed by atoms with van der Waals surface area (Å²) in [7, 11) is 0. The van der Waals surface area contributed by atoms with Crippen LogP contribution in [0.5, 0.6) is 0 Å². The highest BCUT2D eigenvalue weighted by Crippen LogP contribution is 2.23. The molecule has 1 fully saturated rings. The van der Waals surface area contributed by atoms with E-state index in [0.717, 1.165) is 35.0 Å². The van der Waals surface area contributed by atoms with Crippen molar-refractivity contribution in [3.05, 3.63) is 23.0 Å². The predicted octanol–water partition coefficient (Wildman–Crippen LogP) is 2.90. The van der Waals surface area contributed by atoms with E-state index in [9.17, 15) is 0 Å². The summed E-state index contributed by atoms with van der Waals surface area (Å²) in [4.78, 5) is 7.09. The van der Waals surface area contributed by atoms with Gasteiger partial charge in [-0.05, 0) is 50.3 Å². The molecule has 1 atom stereocenters. The first kappa shape index (κ1) is 13.3. The second-order valence-electron chi connectivity index (χ2n) is 5.58. The van der Waals surface area contributed by atoms with Gasteiger partial charge < -0.3 is 5.73 Å². The van der Waals surface area contributed by atoms with Crippen molar-refractivity contribution in [2.75, 3.05) is 18.8 Å². The van der Waals surface area contributed by atoms with E-state index < -0.39 is 0 Å². The number of rotatable bonds is 3. The maximum atomic E-state index is 6.08. The van der Waals surface area contributed by atoms with Gasteiger partial charge in [-0.15, -0.1) is 0 Å². The number of anilines is 1. The largest absolute Gasteiger partial charge is 0.398 e. The maximum absolute atomic E-state index is 6.08. The molecule has 1 aliphatic heterocycles. The number of nitrogens with zero attached hydrogens (tertiary/aromatic N) is 2. The van der Waals surface area contributed by atoms with Gasteiger partial charge in [-0.2, -0.15) is 0 Å². The minimum atomic E-state index is 0.863. The third-order valence-corrected chi connectivity index (χ3v) is 4.23. The van der Waals surface area contributed by atoms with E-state index in [2.05, 4.69) is 23.7 Å². The Hall–Kier alpha value is -1.09. The molecule has 1 aromatic heterocycles. The van der Waals surface area contributed by atoms with Gasteiger partial charge in [0.1, 0.15) is 0 Å². The predicted molar refractivity (Wildman–Crippen MR) is 76.4 cm³/mol. The molecular weight excluding hydrogens is 222 g/mol. The Labute approximate surface area is 110 Å². The quantitative estimate of drug-likeness (QED) is 0.893. The number of likely N-dealkylation sites (tertiary alicyclic amines) is 1. The summed E-state index contributed by atoms with van der Waals surface area (Å²) < 4.78 is 0. The molecular formula is C15H25N3. The van der Waals surface area contributed by atoms with Crippen LogP contribution in [0, 0.1) is 19.8 Å². The van der Waals surface area contributed by atoms with Crippen molar-refractivity contribution in [1.82, 2.24) is 9.88 Å². The van der Waals surface area contributed by atoms with Crippen molar-refractivity contribution in [2.45, 2.75) is 46.6 Å². The SMILES string of the molecule is CCC1CCCN(Cc2ncc(C)c(N)c2C)C1. The van der Waals surface area contributed by atoms with Crippen LogP contribution in [-0.4, -0.2) is 23.0 Å². The molecule has 0 bridgehead atoms. The van der Waals surface area contributed by atoms with Crippen molar-refractivity contribution < 1.29 is 0 Å². The zero-order chi connectivity index (χ0) is 13.1. The number of piperidine rings is 1. The topological polar surface area (TPSA) is 42.2 Å². The van der Waals surface area contributed by atoms with E-state index in [0.29, 0.717) is 0 Å². The third-order valence-electron chi connectivity index (χ3n) is 4.23. The monoisotopic (exact) mass is 247 g/mol. The smallest absolute Gasteiger partial charge is 0.0593 e. The Morgan fingerprint density at radius 3 is 2.94 bits per heavy atom. The molecule has 0 saturated carbocycles. The Bertz CT molecular complexity index is 414. The number of aryl methyl sites for hydroxylation is 1. The fourth-order valence-corrected chi connectivity index (χ4v) is 2.79. The van der Waals surface area contributed by atoms with E-state index in [4.69, 9.17) is 5.73 Å². The number of nitrogen functional groups attached to an aromatic ring is 1. The maximum Gasteiger partial charge on any atom is 0.0593 e. The van der Waals surface area contributed by atoms with E-state index in [1.807, 2.05) is 13.1 Å². The molecule has 0 spiro atoms. The molecule has 1 unspecified atom stereocenters. The van der Waals surface area contributed by atoms with Gasteiger partial charge in [0.15, 0.2) is 0 Å². The minimum Gasteiger partial charge on any atom is -0.398 e. The van der Waals surface area contributed by atoms with E-state index in [-0.39, 0.29) is 0 Å². The molecule has 2 heterocycles. The third kappa shape index (κ3) is 2.83. The van der Waals surface area contributed by atoms with Crippen LogP contribution in [0.1, 0.15) is 43.0 Å². The van der Waals surface area contributed by atoms with Gasteiger partial charge in [-0.25, -0.2) is 0 Å². The second kappa shape index (κ2) is 5.70. The fraction of sp³-hybridized carbons (Fsp3) is 0.667. The Morgan fingerprint density at radius 1 is 1.44 bits per heavy atom. The Morgan fingerprint density at radius 2 is 2.22 bits per heavy atom. The lowest BCUT2D eigenvalue weighted by Gasteiger charge is -2.32. The van der Waals surface area contributed by atoms with Gasteiger partial charge in [0.2, 0.25) is 0 Å². The lowest BCUT2D eigenvalue weighted by Crippen LogP contribution is -2.35. The summed E-state index contributed by atoms with van der Waals surface area (Å²) in [5.41, 5.74) is 10.4. The highest BCUT2D eigenvalue weighted by molar-refractivity contribution is 5.53.